The lowest BCUT2D eigenvalue weighted by Crippen LogP contribution is -2.26. The Labute approximate surface area is 178 Å². The quantitative estimate of drug-likeness (QED) is 0.490. The molecule has 0 bridgehead atoms. The zero-order valence-electron chi connectivity index (χ0n) is 17.4. The molecule has 0 unspecified atom stereocenters. The number of aliphatic hydroxyl groups excluding tert-OH is 1. The molecule has 4 N–H and O–H groups in total. The molecule has 2 aromatic heterocycles. The molecular weight excluding hydrogens is 402 g/mol. The first-order valence-corrected chi connectivity index (χ1v) is 10.6. The summed E-state index contributed by atoms with van der Waals surface area (Å²) in [4.78, 5) is 34.2. The van der Waals surface area contributed by atoms with E-state index >= 15 is 0 Å². The molecule has 0 radical (unpaired) electrons. The van der Waals surface area contributed by atoms with Crippen LogP contribution in [0.2, 0.25) is 0 Å². The molecule has 158 valence electrons. The van der Waals surface area contributed by atoms with Crippen molar-refractivity contribution in [3.8, 4) is 11.3 Å². The van der Waals surface area contributed by atoms with Gasteiger partial charge in [-0.15, -0.1) is 0 Å². The van der Waals surface area contributed by atoms with Crippen molar-refractivity contribution < 1.29 is 15.4 Å². The van der Waals surface area contributed by atoms with Gasteiger partial charge in [-0.05, 0) is 17.2 Å². The zero-order chi connectivity index (χ0) is 20.9. The number of ketones is 1. The van der Waals surface area contributed by atoms with Crippen molar-refractivity contribution in [3.63, 3.8) is 0 Å². The summed E-state index contributed by atoms with van der Waals surface area (Å²) in [6.45, 7) is 3.91. The summed E-state index contributed by atoms with van der Waals surface area (Å²) < 4.78 is 1.48. The van der Waals surface area contributed by atoms with E-state index in [-0.39, 0.29) is 33.6 Å². The predicted molar refractivity (Wildman–Crippen MR) is 120 cm³/mol. The maximum Gasteiger partial charge on any atom is 0.264 e. The van der Waals surface area contributed by atoms with E-state index in [0.717, 1.165) is 5.56 Å². The van der Waals surface area contributed by atoms with E-state index in [2.05, 4.69) is 9.97 Å². The lowest BCUT2D eigenvalue weighted by Gasteiger charge is -2.29. The second kappa shape index (κ2) is 7.77. The minimum Gasteiger partial charge on any atom is -0.512 e. The first kappa shape index (κ1) is 21.9. The number of H-pyrrole nitrogens is 1. The molecule has 0 aliphatic heterocycles. The number of nitrogens with zero attached hydrogens (tertiary/aromatic N) is 2. The molecule has 1 aliphatic rings. The third kappa shape index (κ3) is 3.46. The molecule has 0 spiro atoms. The van der Waals surface area contributed by atoms with Crippen LogP contribution in [0.3, 0.4) is 0 Å². The third-order valence-corrected chi connectivity index (χ3v) is 6.07. The third-order valence-electron chi connectivity index (χ3n) is 5.34. The van der Waals surface area contributed by atoms with Crippen LogP contribution in [-0.2, 0) is 11.8 Å². The highest BCUT2D eigenvalue weighted by Crippen LogP contribution is 2.43. The Morgan fingerprint density at radius 1 is 1.17 bits per heavy atom. The van der Waals surface area contributed by atoms with Crippen molar-refractivity contribution in [2.24, 2.45) is 12.5 Å². The SMILES string of the molecule is CSc1nc2[nH]c(-c3ccccc3)c(C3=C(O)CC(C)(C)CC3=O)c2c(=O)n1C.O. The Hall–Kier alpha value is -2.84. The highest BCUT2D eigenvalue weighted by Gasteiger charge is 2.36. The van der Waals surface area contributed by atoms with Crippen LogP contribution in [0.15, 0.2) is 46.0 Å². The van der Waals surface area contributed by atoms with Crippen LogP contribution < -0.4 is 5.56 Å². The number of hydrogen-bond acceptors (Lipinski definition) is 5. The predicted octanol–water partition coefficient (Wildman–Crippen LogP) is 3.48. The van der Waals surface area contributed by atoms with Crippen LogP contribution in [0.4, 0.5) is 0 Å². The summed E-state index contributed by atoms with van der Waals surface area (Å²) in [5, 5.41) is 11.8. The molecule has 0 saturated heterocycles. The van der Waals surface area contributed by atoms with Gasteiger partial charge in [0.1, 0.15) is 11.4 Å². The lowest BCUT2D eigenvalue weighted by molar-refractivity contribution is -0.116. The first-order chi connectivity index (χ1) is 13.7. The van der Waals surface area contributed by atoms with E-state index in [9.17, 15) is 14.7 Å². The van der Waals surface area contributed by atoms with E-state index in [1.54, 1.807) is 7.05 Å². The van der Waals surface area contributed by atoms with Gasteiger partial charge in [0.05, 0.1) is 16.7 Å². The smallest absolute Gasteiger partial charge is 0.264 e. The zero-order valence-corrected chi connectivity index (χ0v) is 18.2. The van der Waals surface area contributed by atoms with Crippen molar-refractivity contribution in [2.45, 2.75) is 31.8 Å². The molecule has 0 atom stereocenters. The number of nitrogens with one attached hydrogen (secondary N) is 1. The van der Waals surface area contributed by atoms with Crippen molar-refractivity contribution in [1.29, 1.82) is 0 Å². The van der Waals surface area contributed by atoms with Crippen LogP contribution in [0, 0.1) is 5.41 Å². The maximum atomic E-state index is 13.2. The molecule has 30 heavy (non-hydrogen) atoms. The van der Waals surface area contributed by atoms with Gasteiger partial charge in [-0.3, -0.25) is 14.2 Å². The van der Waals surface area contributed by atoms with E-state index in [1.165, 1.54) is 16.3 Å². The molecule has 1 aromatic carbocycles. The topological polar surface area (TPSA) is 119 Å². The molecule has 7 nitrogen and oxygen atoms in total. The Balaban J connectivity index is 0.00000256. The van der Waals surface area contributed by atoms with Gasteiger partial charge in [0, 0.05) is 25.5 Å². The van der Waals surface area contributed by atoms with Gasteiger partial charge in [0.15, 0.2) is 10.9 Å². The Bertz CT molecular complexity index is 1220. The fourth-order valence-corrected chi connectivity index (χ4v) is 4.57. The Morgan fingerprint density at radius 2 is 1.83 bits per heavy atom. The molecule has 0 amide bonds. The second-order valence-corrected chi connectivity index (χ2v) is 8.96. The molecule has 0 saturated carbocycles. The maximum absolute atomic E-state index is 13.2. The number of carbonyl (C=O) groups is 1. The molecule has 0 fully saturated rings. The summed E-state index contributed by atoms with van der Waals surface area (Å²) in [5.74, 6) is -0.131. The fraction of sp³-hybridized carbons (Fsp3) is 0.318. The average Bonchev–Trinajstić information content (AvgIpc) is 3.03. The minimum absolute atomic E-state index is 0. The number of carbonyl (C=O) groups excluding carboxylic acids is 1. The standard InChI is InChI=1S/C22H23N3O3S.H2O/c1-22(2)10-13(26)15(14(27)11-22)16-17-19(24-21(29-4)25(3)20(17)28)23-18(16)12-8-6-5-7-9-12;/h5-9,23,26H,10-11H2,1-4H3;1H2. The number of Topliss-reactive ketones (excluding diaryl/α,β-unsaturated/α-hetero) is 1. The van der Waals surface area contributed by atoms with Crippen molar-refractivity contribution in [1.82, 2.24) is 14.5 Å². The van der Waals surface area contributed by atoms with Crippen LogP contribution >= 0.6 is 11.8 Å². The van der Waals surface area contributed by atoms with E-state index in [0.29, 0.717) is 40.3 Å². The highest BCUT2D eigenvalue weighted by molar-refractivity contribution is 7.98. The normalized spacial score (nSPS) is 16.1. The highest BCUT2D eigenvalue weighted by atomic mass is 32.2. The number of aromatic nitrogens is 3. The molecule has 8 heteroatoms. The van der Waals surface area contributed by atoms with Crippen molar-refractivity contribution in [2.75, 3.05) is 6.26 Å². The van der Waals surface area contributed by atoms with Crippen molar-refractivity contribution in [3.05, 3.63) is 52.0 Å². The van der Waals surface area contributed by atoms with Crippen LogP contribution in [0.1, 0.15) is 32.3 Å². The van der Waals surface area contributed by atoms with Gasteiger partial charge >= 0.3 is 0 Å². The number of aliphatic hydroxyl groups is 1. The van der Waals surface area contributed by atoms with Gasteiger partial charge < -0.3 is 15.6 Å². The first-order valence-electron chi connectivity index (χ1n) is 9.41. The summed E-state index contributed by atoms with van der Waals surface area (Å²) in [7, 11) is 1.67. The lowest BCUT2D eigenvalue weighted by atomic mass is 9.74. The minimum atomic E-state index is -0.321. The van der Waals surface area contributed by atoms with Gasteiger partial charge in [-0.25, -0.2) is 4.98 Å². The second-order valence-electron chi connectivity index (χ2n) is 8.19. The monoisotopic (exact) mass is 427 g/mol. The Morgan fingerprint density at radius 3 is 2.43 bits per heavy atom. The summed E-state index contributed by atoms with van der Waals surface area (Å²) in [6.07, 6.45) is 2.55. The number of thioether (sulfide) groups is 1. The van der Waals surface area contributed by atoms with Crippen LogP contribution in [0.25, 0.3) is 27.9 Å². The summed E-state index contributed by atoms with van der Waals surface area (Å²) >= 11 is 1.38. The molecule has 2 heterocycles. The average molecular weight is 428 g/mol. The number of fused-ring (bicyclic) bond motifs is 1. The number of allylic oxidation sites excluding steroid dienone is 2. The number of aromatic amines is 1. The van der Waals surface area contributed by atoms with Crippen LogP contribution in [0.5, 0.6) is 0 Å². The largest absolute Gasteiger partial charge is 0.512 e. The molecule has 1 aliphatic carbocycles. The van der Waals surface area contributed by atoms with Gasteiger partial charge in [0.25, 0.3) is 5.56 Å². The number of benzene rings is 1. The molecule has 3 aromatic rings. The van der Waals surface area contributed by atoms with Gasteiger partial charge in [-0.2, -0.15) is 0 Å². The van der Waals surface area contributed by atoms with E-state index in [4.69, 9.17) is 0 Å². The fourth-order valence-electron chi connectivity index (χ4n) is 4.03. The van der Waals surface area contributed by atoms with Gasteiger partial charge in [0.2, 0.25) is 0 Å². The van der Waals surface area contributed by atoms with Gasteiger partial charge in [-0.1, -0.05) is 55.9 Å². The van der Waals surface area contributed by atoms with E-state index < -0.39 is 0 Å². The summed E-state index contributed by atoms with van der Waals surface area (Å²) in [5.41, 5.74) is 1.98. The van der Waals surface area contributed by atoms with E-state index in [1.807, 2.05) is 50.4 Å². The Kier molecular flexibility index (Phi) is 5.66. The van der Waals surface area contributed by atoms with Crippen LogP contribution in [-0.4, -0.2) is 37.2 Å². The molecular formula is C22H25N3O4S. The number of hydrogen-bond donors (Lipinski definition) is 2. The molecule has 4 rings (SSSR count). The number of rotatable bonds is 3. The van der Waals surface area contributed by atoms with Crippen molar-refractivity contribution >= 4 is 34.2 Å². The summed E-state index contributed by atoms with van der Waals surface area (Å²) in [6, 6.07) is 9.50.